The maximum Gasteiger partial charge on any atom is 0.191 e. The normalized spacial score (nSPS) is 11.5. The molecule has 0 radical (unpaired) electrons. The molecule has 0 aliphatic rings. The van der Waals surface area contributed by atoms with Gasteiger partial charge in [-0.3, -0.25) is 0 Å². The Bertz CT molecular complexity index is 502. The maximum atomic E-state index is 5.34. The molecule has 0 heterocycles. The third kappa shape index (κ3) is 6.66. The van der Waals surface area contributed by atoms with E-state index in [1.165, 1.54) is 0 Å². The van der Waals surface area contributed by atoms with Gasteiger partial charge in [0, 0.05) is 19.6 Å². The number of rotatable bonds is 10. The first-order valence-electron chi connectivity index (χ1n) is 8.63. The van der Waals surface area contributed by atoms with E-state index in [9.17, 15) is 0 Å². The van der Waals surface area contributed by atoms with E-state index in [1.54, 1.807) is 14.2 Å². The van der Waals surface area contributed by atoms with Gasteiger partial charge in [0.25, 0.3) is 0 Å². The van der Waals surface area contributed by atoms with E-state index >= 15 is 0 Å². The van der Waals surface area contributed by atoms with Gasteiger partial charge in [-0.25, -0.2) is 4.99 Å². The van der Waals surface area contributed by atoms with Crippen molar-refractivity contribution in [1.82, 2.24) is 15.5 Å². The molecule has 0 unspecified atom stereocenters. The molecule has 1 aromatic rings. The van der Waals surface area contributed by atoms with Crippen LogP contribution in [0, 0.1) is 0 Å². The second kappa shape index (κ2) is 11.6. The molecule has 24 heavy (non-hydrogen) atoms. The fraction of sp³-hybridized carbons (Fsp3) is 0.611. The molecule has 0 spiro atoms. The number of nitrogens with one attached hydrogen (secondary N) is 2. The second-order valence-corrected chi connectivity index (χ2v) is 5.34. The van der Waals surface area contributed by atoms with Gasteiger partial charge < -0.3 is 25.0 Å². The molecule has 6 nitrogen and oxygen atoms in total. The van der Waals surface area contributed by atoms with Crippen LogP contribution in [-0.4, -0.2) is 57.8 Å². The van der Waals surface area contributed by atoms with Crippen molar-refractivity contribution in [2.45, 2.75) is 27.3 Å². The van der Waals surface area contributed by atoms with Crippen molar-refractivity contribution < 1.29 is 9.47 Å². The van der Waals surface area contributed by atoms with E-state index in [1.807, 2.05) is 18.2 Å². The Morgan fingerprint density at radius 1 is 1.04 bits per heavy atom. The minimum atomic E-state index is 0.584. The minimum absolute atomic E-state index is 0.584. The maximum absolute atomic E-state index is 5.34. The first-order chi connectivity index (χ1) is 11.7. The van der Waals surface area contributed by atoms with Gasteiger partial charge in [0.2, 0.25) is 0 Å². The van der Waals surface area contributed by atoms with Gasteiger partial charge in [-0.15, -0.1) is 0 Å². The summed E-state index contributed by atoms with van der Waals surface area (Å²) in [4.78, 5) is 7.02. The van der Waals surface area contributed by atoms with Crippen molar-refractivity contribution in [1.29, 1.82) is 0 Å². The highest BCUT2D eigenvalue weighted by atomic mass is 16.5. The fourth-order valence-corrected chi connectivity index (χ4v) is 2.36. The molecule has 0 amide bonds. The number of guanidine groups is 1. The molecule has 0 bridgehead atoms. The van der Waals surface area contributed by atoms with E-state index in [4.69, 9.17) is 9.47 Å². The first-order valence-corrected chi connectivity index (χ1v) is 8.63. The topological polar surface area (TPSA) is 58.1 Å². The smallest absolute Gasteiger partial charge is 0.191 e. The number of benzene rings is 1. The van der Waals surface area contributed by atoms with E-state index in [2.05, 4.69) is 41.3 Å². The van der Waals surface area contributed by atoms with Gasteiger partial charge in [-0.1, -0.05) is 19.9 Å². The van der Waals surface area contributed by atoms with E-state index in [0.717, 1.165) is 55.7 Å². The SMILES string of the molecule is CCNC(=NCc1ccc(OC)c(OC)c1)NCCN(CC)CC. The lowest BCUT2D eigenvalue weighted by Gasteiger charge is -2.19. The van der Waals surface area contributed by atoms with Crippen molar-refractivity contribution >= 4 is 5.96 Å². The van der Waals surface area contributed by atoms with Gasteiger partial charge in [0.15, 0.2) is 17.5 Å². The zero-order valence-corrected chi connectivity index (χ0v) is 15.7. The summed E-state index contributed by atoms with van der Waals surface area (Å²) in [5, 5.41) is 6.66. The Labute approximate surface area is 146 Å². The molecule has 0 atom stereocenters. The fourth-order valence-electron chi connectivity index (χ4n) is 2.36. The zero-order chi connectivity index (χ0) is 17.8. The van der Waals surface area contributed by atoms with Gasteiger partial charge in [-0.05, 0) is 37.7 Å². The standard InChI is InChI=1S/C18H32N4O2/c1-6-19-18(20-11-12-22(7-2)8-3)21-14-15-9-10-16(23-4)17(13-15)24-5/h9-10,13H,6-8,11-12,14H2,1-5H3,(H2,19,20,21). The lowest BCUT2D eigenvalue weighted by atomic mass is 10.2. The highest BCUT2D eigenvalue weighted by molar-refractivity contribution is 5.79. The Hall–Kier alpha value is -1.95. The quantitative estimate of drug-likeness (QED) is 0.506. The Kier molecular flexibility index (Phi) is 9.68. The van der Waals surface area contributed by atoms with E-state index < -0.39 is 0 Å². The van der Waals surface area contributed by atoms with Crippen LogP contribution in [0.2, 0.25) is 0 Å². The average Bonchev–Trinajstić information content (AvgIpc) is 2.62. The van der Waals surface area contributed by atoms with E-state index in [-0.39, 0.29) is 0 Å². The molecule has 2 N–H and O–H groups in total. The summed E-state index contributed by atoms with van der Waals surface area (Å²) in [5.41, 5.74) is 1.08. The van der Waals surface area contributed by atoms with Crippen LogP contribution in [0.25, 0.3) is 0 Å². The van der Waals surface area contributed by atoms with Crippen LogP contribution in [0.15, 0.2) is 23.2 Å². The van der Waals surface area contributed by atoms with Crippen LogP contribution in [0.5, 0.6) is 11.5 Å². The van der Waals surface area contributed by atoms with Crippen molar-refractivity contribution in [2.24, 2.45) is 4.99 Å². The molecule has 0 aliphatic heterocycles. The summed E-state index contributed by atoms with van der Waals surface area (Å²) in [5.74, 6) is 2.29. The number of nitrogens with zero attached hydrogens (tertiary/aromatic N) is 2. The number of ether oxygens (including phenoxy) is 2. The van der Waals surface area contributed by atoms with Gasteiger partial charge >= 0.3 is 0 Å². The monoisotopic (exact) mass is 336 g/mol. The molecule has 136 valence electrons. The van der Waals surface area contributed by atoms with E-state index in [0.29, 0.717) is 6.54 Å². The summed E-state index contributed by atoms with van der Waals surface area (Å²) in [7, 11) is 3.28. The Morgan fingerprint density at radius 3 is 2.33 bits per heavy atom. The summed E-state index contributed by atoms with van der Waals surface area (Å²) < 4.78 is 10.6. The molecular formula is C18H32N4O2. The Balaban J connectivity index is 2.64. The molecule has 0 aliphatic carbocycles. The molecule has 0 saturated carbocycles. The van der Waals surface area contributed by atoms with Crippen molar-refractivity contribution in [3.05, 3.63) is 23.8 Å². The summed E-state index contributed by atoms with van der Waals surface area (Å²) in [6, 6.07) is 5.87. The lowest BCUT2D eigenvalue weighted by Crippen LogP contribution is -2.41. The van der Waals surface area contributed by atoms with Gasteiger partial charge in [0.05, 0.1) is 20.8 Å². The highest BCUT2D eigenvalue weighted by Crippen LogP contribution is 2.27. The average molecular weight is 336 g/mol. The largest absolute Gasteiger partial charge is 0.493 e. The summed E-state index contributed by atoms with van der Waals surface area (Å²) in [6.45, 7) is 11.9. The molecule has 1 rings (SSSR count). The molecule has 1 aromatic carbocycles. The number of aliphatic imine (C=N–C) groups is 1. The predicted molar refractivity (Wildman–Crippen MR) is 100 cm³/mol. The second-order valence-electron chi connectivity index (χ2n) is 5.34. The van der Waals surface area contributed by atoms with Crippen LogP contribution in [0.1, 0.15) is 26.3 Å². The lowest BCUT2D eigenvalue weighted by molar-refractivity contribution is 0.308. The van der Waals surface area contributed by atoms with Crippen LogP contribution >= 0.6 is 0 Å². The van der Waals surface area contributed by atoms with Crippen LogP contribution in [0.3, 0.4) is 0 Å². The van der Waals surface area contributed by atoms with Crippen LogP contribution < -0.4 is 20.1 Å². The zero-order valence-electron chi connectivity index (χ0n) is 15.7. The van der Waals surface area contributed by atoms with Crippen molar-refractivity contribution in [2.75, 3.05) is 46.9 Å². The summed E-state index contributed by atoms with van der Waals surface area (Å²) >= 11 is 0. The third-order valence-electron chi connectivity index (χ3n) is 3.83. The van der Waals surface area contributed by atoms with Crippen LogP contribution in [0.4, 0.5) is 0 Å². The molecular weight excluding hydrogens is 304 g/mol. The van der Waals surface area contributed by atoms with Crippen molar-refractivity contribution in [3.63, 3.8) is 0 Å². The number of hydrogen-bond acceptors (Lipinski definition) is 4. The molecule has 0 saturated heterocycles. The highest BCUT2D eigenvalue weighted by Gasteiger charge is 2.05. The number of hydrogen-bond donors (Lipinski definition) is 2. The predicted octanol–water partition coefficient (Wildman–Crippen LogP) is 2.10. The summed E-state index contributed by atoms with van der Waals surface area (Å²) in [6.07, 6.45) is 0. The molecule has 6 heteroatoms. The third-order valence-corrected chi connectivity index (χ3v) is 3.83. The first kappa shape index (κ1) is 20.1. The number of methoxy groups -OCH3 is 2. The molecule has 0 fully saturated rings. The van der Waals surface area contributed by atoms with Gasteiger partial charge in [0.1, 0.15) is 0 Å². The van der Waals surface area contributed by atoms with Crippen LogP contribution in [-0.2, 0) is 6.54 Å². The van der Waals surface area contributed by atoms with Gasteiger partial charge in [-0.2, -0.15) is 0 Å². The molecule has 0 aromatic heterocycles. The number of likely N-dealkylation sites (N-methyl/N-ethyl adjacent to an activating group) is 1. The van der Waals surface area contributed by atoms with Crippen molar-refractivity contribution in [3.8, 4) is 11.5 Å². The Morgan fingerprint density at radius 2 is 1.75 bits per heavy atom. The minimum Gasteiger partial charge on any atom is -0.493 e.